The van der Waals surface area contributed by atoms with Gasteiger partial charge in [-0.1, -0.05) is 77.2 Å². The van der Waals surface area contributed by atoms with Crippen LogP contribution in [0.3, 0.4) is 0 Å². The first-order chi connectivity index (χ1) is 20.2. The molecule has 0 saturated carbocycles. The van der Waals surface area contributed by atoms with Gasteiger partial charge in [0.2, 0.25) is 0 Å². The lowest BCUT2D eigenvalue weighted by Crippen LogP contribution is -2.53. The minimum absolute atomic E-state index is 0.316. The van der Waals surface area contributed by atoms with Gasteiger partial charge in [-0.25, -0.2) is 5.84 Å². The van der Waals surface area contributed by atoms with Gasteiger partial charge in [0.05, 0.1) is 24.9 Å². The fourth-order valence-electron chi connectivity index (χ4n) is 5.23. The SMILES string of the molecule is COc1cc2c(cc1C)CCN(C(=O)[C@H](O)[C@@H](O)C(=O)N[C@H](C)c1ccc(N(N)/C=C\CI)cc1)C2c1ccccc1. The Hall–Kier alpha value is -3.45. The van der Waals surface area contributed by atoms with Gasteiger partial charge in [-0.2, -0.15) is 0 Å². The molecular weight excluding hydrogens is 647 g/mol. The number of aryl methyl sites for hydroxylation is 1. The number of carbonyl (C=O) groups excluding carboxylic acids is 2. The Morgan fingerprint density at radius 1 is 1.14 bits per heavy atom. The summed E-state index contributed by atoms with van der Waals surface area (Å²) >= 11 is 2.22. The fraction of sp³-hybridized carbons (Fsp3) is 0.312. The number of nitrogens with zero attached hydrogens (tertiary/aromatic N) is 2. The lowest BCUT2D eigenvalue weighted by atomic mass is 9.86. The molecule has 4 atom stereocenters. The topological polar surface area (TPSA) is 128 Å². The molecule has 1 aliphatic heterocycles. The molecule has 0 spiro atoms. The zero-order valence-electron chi connectivity index (χ0n) is 23.9. The summed E-state index contributed by atoms with van der Waals surface area (Å²) in [6.07, 6.45) is 0.346. The van der Waals surface area contributed by atoms with Crippen LogP contribution in [-0.2, 0) is 16.0 Å². The van der Waals surface area contributed by atoms with Gasteiger partial charge in [0.1, 0.15) is 5.75 Å². The van der Waals surface area contributed by atoms with Crippen molar-refractivity contribution in [2.75, 3.05) is 23.1 Å². The number of amides is 2. The van der Waals surface area contributed by atoms with Crippen molar-refractivity contribution in [2.45, 2.75) is 44.6 Å². The van der Waals surface area contributed by atoms with E-state index >= 15 is 0 Å². The van der Waals surface area contributed by atoms with E-state index in [0.717, 1.165) is 37.9 Å². The maximum atomic E-state index is 13.7. The predicted octanol–water partition coefficient (Wildman–Crippen LogP) is 3.71. The molecule has 9 nitrogen and oxygen atoms in total. The number of nitrogens with two attached hydrogens (primary N) is 1. The highest BCUT2D eigenvalue weighted by Crippen LogP contribution is 2.39. The molecule has 2 amide bonds. The lowest BCUT2D eigenvalue weighted by Gasteiger charge is -2.39. The Labute approximate surface area is 260 Å². The first-order valence-electron chi connectivity index (χ1n) is 13.7. The number of nitrogens with one attached hydrogen (secondary N) is 1. The molecule has 0 aromatic heterocycles. The molecule has 10 heteroatoms. The van der Waals surface area contributed by atoms with E-state index in [1.54, 1.807) is 20.2 Å². The number of methoxy groups -OCH3 is 1. The molecule has 1 unspecified atom stereocenters. The maximum Gasteiger partial charge on any atom is 0.255 e. The van der Waals surface area contributed by atoms with E-state index in [1.807, 2.05) is 73.7 Å². The van der Waals surface area contributed by atoms with Gasteiger partial charge >= 0.3 is 0 Å². The molecule has 0 aliphatic carbocycles. The number of rotatable bonds is 10. The van der Waals surface area contributed by atoms with Crippen molar-refractivity contribution >= 4 is 40.1 Å². The summed E-state index contributed by atoms with van der Waals surface area (Å²) in [5.74, 6) is 5.14. The number of hydrogen-bond acceptors (Lipinski definition) is 7. The van der Waals surface area contributed by atoms with Crippen LogP contribution in [0.1, 0.15) is 46.8 Å². The maximum absolute atomic E-state index is 13.7. The highest BCUT2D eigenvalue weighted by Gasteiger charge is 2.39. The third kappa shape index (κ3) is 6.95. The highest BCUT2D eigenvalue weighted by atomic mass is 127. The molecule has 0 fully saturated rings. The Bertz CT molecular complexity index is 1420. The van der Waals surface area contributed by atoms with E-state index in [0.29, 0.717) is 18.7 Å². The summed E-state index contributed by atoms with van der Waals surface area (Å²) in [4.78, 5) is 28.2. The number of benzene rings is 3. The number of fused-ring (bicyclic) bond motifs is 1. The number of hydrazine groups is 1. The molecule has 222 valence electrons. The minimum Gasteiger partial charge on any atom is -0.496 e. The molecule has 1 aliphatic rings. The van der Waals surface area contributed by atoms with Crippen LogP contribution in [0.15, 0.2) is 79.0 Å². The van der Waals surface area contributed by atoms with E-state index in [-0.39, 0.29) is 0 Å². The smallest absolute Gasteiger partial charge is 0.255 e. The summed E-state index contributed by atoms with van der Waals surface area (Å²) in [5.41, 5.74) is 5.34. The van der Waals surface area contributed by atoms with E-state index in [1.165, 1.54) is 9.91 Å². The lowest BCUT2D eigenvalue weighted by molar-refractivity contribution is -0.155. The molecule has 4 rings (SSSR count). The molecule has 42 heavy (non-hydrogen) atoms. The number of aliphatic hydroxyl groups excluding tert-OH is 2. The molecule has 1 heterocycles. The number of carbonyl (C=O) groups is 2. The molecule has 0 bridgehead atoms. The Morgan fingerprint density at radius 3 is 2.48 bits per heavy atom. The standard InChI is InChI=1S/C32H37IN4O5/c1-20-18-24-14-17-36(28(23-8-5-4-6-9-23)26(24)19-27(20)42-3)32(41)30(39)29(38)31(40)35-21(2)22-10-12-25(13-11-22)37(34)16-7-15-33/h4-13,16,18-19,21,28-30,38-39H,14-15,17,34H2,1-3H3,(H,35,40)/b16-7-/t21-,28?,29-,30-/m1/s1. The van der Waals surface area contributed by atoms with Crippen LogP contribution >= 0.6 is 22.6 Å². The average molecular weight is 685 g/mol. The molecule has 3 aromatic rings. The Kier molecular flexibility index (Phi) is 10.6. The van der Waals surface area contributed by atoms with Crippen molar-refractivity contribution in [3.8, 4) is 5.75 Å². The highest BCUT2D eigenvalue weighted by molar-refractivity contribution is 14.1. The second-order valence-electron chi connectivity index (χ2n) is 10.3. The summed E-state index contributed by atoms with van der Waals surface area (Å²) in [5, 5.41) is 26.0. The van der Waals surface area contributed by atoms with Gasteiger partial charge in [-0.05, 0) is 66.3 Å². The van der Waals surface area contributed by atoms with Crippen molar-refractivity contribution < 1.29 is 24.5 Å². The number of alkyl halides is 1. The van der Waals surface area contributed by atoms with Crippen LogP contribution in [0, 0.1) is 6.92 Å². The molecule has 3 aromatic carbocycles. The van der Waals surface area contributed by atoms with E-state index in [2.05, 4.69) is 34.0 Å². The van der Waals surface area contributed by atoms with E-state index < -0.39 is 36.1 Å². The largest absolute Gasteiger partial charge is 0.496 e. The van der Waals surface area contributed by atoms with Gasteiger partial charge in [-0.3, -0.25) is 14.6 Å². The quantitative estimate of drug-likeness (QED) is 0.111. The third-order valence-corrected chi connectivity index (χ3v) is 8.02. The van der Waals surface area contributed by atoms with Gasteiger partial charge in [0.25, 0.3) is 11.8 Å². The van der Waals surface area contributed by atoms with Gasteiger partial charge < -0.3 is 25.2 Å². The Morgan fingerprint density at radius 2 is 1.83 bits per heavy atom. The minimum atomic E-state index is -1.96. The molecule has 0 saturated heterocycles. The van der Waals surface area contributed by atoms with Crippen LogP contribution in [0.5, 0.6) is 5.75 Å². The number of ether oxygens (including phenoxy) is 1. The molecule has 0 radical (unpaired) electrons. The first kappa shape index (κ1) is 31.5. The van der Waals surface area contributed by atoms with Crippen LogP contribution < -0.4 is 20.9 Å². The second-order valence-corrected chi connectivity index (χ2v) is 11.2. The van der Waals surface area contributed by atoms with Crippen LogP contribution in [-0.4, -0.2) is 57.2 Å². The number of halogens is 1. The van der Waals surface area contributed by atoms with Crippen LogP contribution in [0.4, 0.5) is 5.69 Å². The third-order valence-electron chi connectivity index (χ3n) is 7.51. The second kappa shape index (κ2) is 14.1. The van der Waals surface area contributed by atoms with E-state index in [4.69, 9.17) is 10.6 Å². The van der Waals surface area contributed by atoms with Crippen molar-refractivity contribution in [1.82, 2.24) is 10.2 Å². The molecule has 5 N–H and O–H groups in total. The van der Waals surface area contributed by atoms with Crippen molar-refractivity contribution in [3.05, 3.63) is 107 Å². The van der Waals surface area contributed by atoms with Crippen molar-refractivity contribution in [2.24, 2.45) is 5.84 Å². The average Bonchev–Trinajstić information content (AvgIpc) is 3.01. The summed E-state index contributed by atoms with van der Waals surface area (Å²) in [6, 6.07) is 19.7. The van der Waals surface area contributed by atoms with Crippen LogP contribution in [0.25, 0.3) is 0 Å². The number of hydrogen-bond donors (Lipinski definition) is 4. The fourth-order valence-corrected chi connectivity index (χ4v) is 5.46. The molecular formula is C32H37IN4O5. The zero-order valence-corrected chi connectivity index (χ0v) is 26.1. The first-order valence-corrected chi connectivity index (χ1v) is 15.2. The predicted molar refractivity (Wildman–Crippen MR) is 171 cm³/mol. The van der Waals surface area contributed by atoms with Gasteiger partial charge in [0, 0.05) is 17.2 Å². The normalized spacial score (nSPS) is 16.8. The summed E-state index contributed by atoms with van der Waals surface area (Å²) in [7, 11) is 1.60. The van der Waals surface area contributed by atoms with Crippen LogP contribution in [0.2, 0.25) is 0 Å². The Balaban J connectivity index is 1.50. The zero-order chi connectivity index (χ0) is 30.4. The monoisotopic (exact) mass is 684 g/mol. The van der Waals surface area contributed by atoms with Gasteiger partial charge in [-0.15, -0.1) is 0 Å². The van der Waals surface area contributed by atoms with E-state index in [9.17, 15) is 19.8 Å². The number of anilines is 1. The van der Waals surface area contributed by atoms with Crippen molar-refractivity contribution in [1.29, 1.82) is 0 Å². The van der Waals surface area contributed by atoms with Gasteiger partial charge in [0.15, 0.2) is 12.2 Å². The summed E-state index contributed by atoms with van der Waals surface area (Å²) < 4.78 is 6.39. The number of allylic oxidation sites excluding steroid dienone is 1. The number of aliphatic hydroxyl groups is 2. The summed E-state index contributed by atoms with van der Waals surface area (Å²) in [6.45, 7) is 4.04. The van der Waals surface area contributed by atoms with Crippen molar-refractivity contribution in [3.63, 3.8) is 0 Å².